The fraction of sp³-hybridized carbons (Fsp3) is 0.600. The molecule has 1 aliphatic rings. The van der Waals surface area contributed by atoms with Crippen LogP contribution in [0.5, 0.6) is 0 Å². The van der Waals surface area contributed by atoms with E-state index in [4.69, 9.17) is 16.7 Å². The molecule has 1 aromatic rings. The van der Waals surface area contributed by atoms with Gasteiger partial charge in [-0.15, -0.1) is 0 Å². The van der Waals surface area contributed by atoms with E-state index in [9.17, 15) is 13.2 Å². The van der Waals surface area contributed by atoms with Crippen LogP contribution in [0.2, 0.25) is 5.02 Å². The lowest BCUT2D eigenvalue weighted by Gasteiger charge is -2.34. The fourth-order valence-corrected chi connectivity index (χ4v) is 2.88. The van der Waals surface area contributed by atoms with E-state index >= 15 is 0 Å². The van der Waals surface area contributed by atoms with Crippen LogP contribution in [0.25, 0.3) is 0 Å². The molecule has 112 valence electrons. The van der Waals surface area contributed by atoms with Gasteiger partial charge >= 0.3 is 0 Å². The second-order valence-corrected chi connectivity index (χ2v) is 6.57. The average molecular weight is 322 g/mol. The number of carbonyl (C=O) groups is 1. The zero-order valence-electron chi connectivity index (χ0n) is 10.9. The molecule has 0 spiro atoms. The summed E-state index contributed by atoms with van der Waals surface area (Å²) in [5.41, 5.74) is 0. The molecule has 1 saturated heterocycles. The second-order valence-electron chi connectivity index (χ2n) is 4.58. The molecule has 0 radical (unpaired) electrons. The van der Waals surface area contributed by atoms with Crippen LogP contribution in [-0.4, -0.2) is 59.5 Å². The first-order valence-corrected chi connectivity index (χ1v) is 7.93. The van der Waals surface area contributed by atoms with Crippen LogP contribution < -0.4 is 5.14 Å². The minimum atomic E-state index is -3.68. The zero-order chi connectivity index (χ0) is 14.9. The number of hydrogen-bond donors (Lipinski definition) is 1. The summed E-state index contributed by atoms with van der Waals surface area (Å²) in [4.78, 5) is 13.9. The van der Waals surface area contributed by atoms with Crippen molar-refractivity contribution >= 4 is 27.7 Å². The number of aromatic nitrogens is 2. The van der Waals surface area contributed by atoms with Gasteiger partial charge in [0.25, 0.3) is 10.2 Å². The summed E-state index contributed by atoms with van der Waals surface area (Å²) >= 11 is 5.77. The molecule has 0 unspecified atom stereocenters. The van der Waals surface area contributed by atoms with E-state index in [1.807, 2.05) is 0 Å². The van der Waals surface area contributed by atoms with Gasteiger partial charge in [0.2, 0.25) is 5.91 Å². The van der Waals surface area contributed by atoms with Gasteiger partial charge in [-0.05, 0) is 6.92 Å². The fourth-order valence-electron chi connectivity index (χ4n) is 2.07. The van der Waals surface area contributed by atoms with E-state index in [1.165, 1.54) is 10.9 Å². The van der Waals surface area contributed by atoms with E-state index in [-0.39, 0.29) is 19.0 Å². The molecule has 0 aromatic carbocycles. The van der Waals surface area contributed by atoms with Gasteiger partial charge in [0.1, 0.15) is 6.04 Å². The van der Waals surface area contributed by atoms with Gasteiger partial charge in [-0.25, -0.2) is 5.14 Å². The largest absolute Gasteiger partial charge is 0.338 e. The smallest absolute Gasteiger partial charge is 0.277 e. The molecular formula is C10H16ClN5O3S. The summed E-state index contributed by atoms with van der Waals surface area (Å²) in [6.45, 7) is 2.76. The molecule has 0 bridgehead atoms. The Morgan fingerprint density at radius 3 is 2.45 bits per heavy atom. The zero-order valence-corrected chi connectivity index (χ0v) is 12.5. The van der Waals surface area contributed by atoms with Crippen molar-refractivity contribution in [1.29, 1.82) is 0 Å². The van der Waals surface area contributed by atoms with Crippen LogP contribution in [0.15, 0.2) is 12.4 Å². The molecule has 1 atom stereocenters. The normalized spacial score (nSPS) is 19.1. The molecule has 1 aromatic heterocycles. The Morgan fingerprint density at radius 1 is 1.40 bits per heavy atom. The van der Waals surface area contributed by atoms with Gasteiger partial charge in [-0.3, -0.25) is 9.48 Å². The first-order chi connectivity index (χ1) is 9.29. The minimum Gasteiger partial charge on any atom is -0.338 e. The summed E-state index contributed by atoms with van der Waals surface area (Å²) in [6.07, 6.45) is 3.04. The van der Waals surface area contributed by atoms with Crippen LogP contribution in [-0.2, 0) is 15.0 Å². The molecule has 2 heterocycles. The molecule has 8 nitrogen and oxygen atoms in total. The highest BCUT2D eigenvalue weighted by atomic mass is 35.5. The molecule has 0 aliphatic carbocycles. The molecule has 2 N–H and O–H groups in total. The number of carbonyl (C=O) groups excluding carboxylic acids is 1. The van der Waals surface area contributed by atoms with Crippen molar-refractivity contribution in [1.82, 2.24) is 19.0 Å². The molecule has 20 heavy (non-hydrogen) atoms. The quantitative estimate of drug-likeness (QED) is 0.806. The van der Waals surface area contributed by atoms with Crippen LogP contribution >= 0.6 is 11.6 Å². The number of rotatable bonds is 3. The first-order valence-electron chi connectivity index (χ1n) is 6.05. The van der Waals surface area contributed by atoms with Gasteiger partial charge in [-0.1, -0.05) is 11.6 Å². The van der Waals surface area contributed by atoms with E-state index in [0.717, 1.165) is 4.31 Å². The molecule has 10 heteroatoms. The lowest BCUT2D eigenvalue weighted by molar-refractivity contribution is -0.135. The van der Waals surface area contributed by atoms with Gasteiger partial charge < -0.3 is 4.90 Å². The van der Waals surface area contributed by atoms with Crippen molar-refractivity contribution in [3.8, 4) is 0 Å². The molecule has 1 fully saturated rings. The lowest BCUT2D eigenvalue weighted by Crippen LogP contribution is -2.53. The van der Waals surface area contributed by atoms with Gasteiger partial charge in [0.05, 0.1) is 11.2 Å². The summed E-state index contributed by atoms with van der Waals surface area (Å²) < 4.78 is 25.0. The standard InChI is InChI=1S/C10H16ClN5O3S/c1-8(16-7-9(11)6-13-16)10(17)14-2-4-15(5-3-14)20(12,18)19/h6-8H,2-5H2,1H3,(H2,12,18,19)/t8-/m0/s1. The predicted octanol–water partition coefficient (Wildman–Crippen LogP) is -0.555. The van der Waals surface area contributed by atoms with Crippen molar-refractivity contribution in [2.45, 2.75) is 13.0 Å². The maximum Gasteiger partial charge on any atom is 0.277 e. The summed E-state index contributed by atoms with van der Waals surface area (Å²) in [7, 11) is -3.68. The lowest BCUT2D eigenvalue weighted by atomic mass is 10.2. The van der Waals surface area contributed by atoms with E-state index in [1.54, 1.807) is 18.0 Å². The number of nitrogens with two attached hydrogens (primary N) is 1. The Morgan fingerprint density at radius 2 is 2.00 bits per heavy atom. The molecule has 2 rings (SSSR count). The van der Waals surface area contributed by atoms with Crippen molar-refractivity contribution in [2.75, 3.05) is 26.2 Å². The van der Waals surface area contributed by atoms with Crippen molar-refractivity contribution in [3.63, 3.8) is 0 Å². The average Bonchev–Trinajstić information content (AvgIpc) is 2.83. The number of amides is 1. The van der Waals surface area contributed by atoms with E-state index in [2.05, 4.69) is 5.10 Å². The van der Waals surface area contributed by atoms with Crippen molar-refractivity contribution < 1.29 is 13.2 Å². The van der Waals surface area contributed by atoms with Crippen LogP contribution in [0, 0.1) is 0 Å². The third-order valence-corrected chi connectivity index (χ3v) is 4.51. The monoisotopic (exact) mass is 321 g/mol. The summed E-state index contributed by atoms with van der Waals surface area (Å²) in [5.74, 6) is -0.126. The summed E-state index contributed by atoms with van der Waals surface area (Å²) in [5, 5.41) is 9.51. The highest BCUT2D eigenvalue weighted by Crippen LogP contribution is 2.15. The second kappa shape index (κ2) is 5.68. The van der Waals surface area contributed by atoms with E-state index < -0.39 is 16.3 Å². The van der Waals surface area contributed by atoms with Crippen LogP contribution in [0.4, 0.5) is 0 Å². The molecular weight excluding hydrogens is 306 g/mol. The minimum absolute atomic E-state index is 0.126. The Bertz CT molecular complexity index is 594. The molecule has 1 aliphatic heterocycles. The van der Waals surface area contributed by atoms with Crippen LogP contribution in [0.3, 0.4) is 0 Å². The SMILES string of the molecule is C[C@@H](C(=O)N1CCN(S(N)(=O)=O)CC1)n1cc(Cl)cn1. The topological polar surface area (TPSA) is 102 Å². The highest BCUT2D eigenvalue weighted by Gasteiger charge is 2.29. The Balaban J connectivity index is 1.98. The third kappa shape index (κ3) is 3.29. The molecule has 1 amide bonds. The number of nitrogens with zero attached hydrogens (tertiary/aromatic N) is 4. The van der Waals surface area contributed by atoms with Crippen molar-refractivity contribution in [3.05, 3.63) is 17.4 Å². The Hall–Kier alpha value is -1.16. The van der Waals surface area contributed by atoms with Crippen molar-refractivity contribution in [2.24, 2.45) is 5.14 Å². The number of hydrogen-bond acceptors (Lipinski definition) is 4. The highest BCUT2D eigenvalue weighted by molar-refractivity contribution is 7.86. The number of halogens is 1. The van der Waals surface area contributed by atoms with Gasteiger partial charge in [0, 0.05) is 32.4 Å². The Labute approximate surface area is 122 Å². The number of piperazine rings is 1. The summed E-state index contributed by atoms with van der Waals surface area (Å²) in [6, 6.07) is -0.483. The molecule has 0 saturated carbocycles. The maximum absolute atomic E-state index is 12.3. The third-order valence-electron chi connectivity index (χ3n) is 3.23. The van der Waals surface area contributed by atoms with Gasteiger partial charge in [-0.2, -0.15) is 17.8 Å². The first kappa shape index (κ1) is 15.2. The predicted molar refractivity (Wildman–Crippen MR) is 73.2 cm³/mol. The maximum atomic E-state index is 12.3. The van der Waals surface area contributed by atoms with Gasteiger partial charge in [0.15, 0.2) is 0 Å². The van der Waals surface area contributed by atoms with E-state index in [0.29, 0.717) is 18.1 Å². The Kier molecular flexibility index (Phi) is 4.33. The van der Waals surface area contributed by atoms with Crippen LogP contribution in [0.1, 0.15) is 13.0 Å².